The Morgan fingerprint density at radius 1 is 1.57 bits per heavy atom. The molecule has 4 nitrogen and oxygen atoms in total. The molecule has 0 amide bonds. The van der Waals surface area contributed by atoms with Gasteiger partial charge >= 0.3 is 0 Å². The molecular weight excluding hydrogens is 202 g/mol. The highest BCUT2D eigenvalue weighted by Gasteiger charge is 2.20. The molecule has 0 aliphatic heterocycles. The van der Waals surface area contributed by atoms with Gasteiger partial charge < -0.3 is 15.5 Å². The molecule has 2 atom stereocenters. The molecule has 78 valence electrons. The van der Waals surface area contributed by atoms with E-state index in [0.29, 0.717) is 17.4 Å². The molecular formula is C9H13NO3S. The van der Waals surface area contributed by atoms with Crippen molar-refractivity contribution in [1.29, 1.82) is 0 Å². The summed E-state index contributed by atoms with van der Waals surface area (Å²) in [7, 11) is 1.68. The molecule has 0 aliphatic carbocycles. The molecule has 1 rings (SSSR count). The van der Waals surface area contributed by atoms with E-state index in [1.54, 1.807) is 17.8 Å². The summed E-state index contributed by atoms with van der Waals surface area (Å²) in [5.74, 6) is 0. The summed E-state index contributed by atoms with van der Waals surface area (Å²) in [5, 5.41) is 25.2. The van der Waals surface area contributed by atoms with Crippen LogP contribution in [0.15, 0.2) is 10.8 Å². The minimum absolute atomic E-state index is 0.287. The Bertz CT molecular complexity index is 300. The van der Waals surface area contributed by atoms with Gasteiger partial charge in [0.15, 0.2) is 6.29 Å². The molecule has 0 saturated heterocycles. The highest BCUT2D eigenvalue weighted by atomic mass is 32.1. The van der Waals surface area contributed by atoms with Gasteiger partial charge in [0.1, 0.15) is 6.10 Å². The molecule has 0 aromatic carbocycles. The predicted molar refractivity (Wildman–Crippen MR) is 54.6 cm³/mol. The van der Waals surface area contributed by atoms with E-state index in [0.717, 1.165) is 0 Å². The standard InChI is InChI=1S/C9H13NO3S/c1-10-2-8(12)9(13)7-5-14-4-6(7)3-11/h3-5,8-10,12-13H,2H2,1H3. The van der Waals surface area contributed by atoms with Crippen LogP contribution in [-0.4, -0.2) is 36.2 Å². The van der Waals surface area contributed by atoms with Crippen molar-refractivity contribution in [2.24, 2.45) is 0 Å². The molecule has 2 unspecified atom stereocenters. The van der Waals surface area contributed by atoms with Gasteiger partial charge in [-0.05, 0) is 12.4 Å². The van der Waals surface area contributed by atoms with Crippen molar-refractivity contribution in [2.45, 2.75) is 12.2 Å². The summed E-state index contributed by atoms with van der Waals surface area (Å²) in [4.78, 5) is 10.6. The Hall–Kier alpha value is -0.750. The van der Waals surface area contributed by atoms with E-state index in [2.05, 4.69) is 5.32 Å². The fourth-order valence-corrected chi connectivity index (χ4v) is 2.01. The van der Waals surface area contributed by atoms with Crippen LogP contribution in [0.5, 0.6) is 0 Å². The van der Waals surface area contributed by atoms with E-state index in [9.17, 15) is 15.0 Å². The third-order valence-corrected chi connectivity index (χ3v) is 2.73. The maximum absolute atomic E-state index is 10.6. The Morgan fingerprint density at radius 2 is 2.29 bits per heavy atom. The first-order chi connectivity index (χ1) is 6.70. The van der Waals surface area contributed by atoms with E-state index in [4.69, 9.17) is 0 Å². The Kier molecular flexibility index (Phi) is 4.21. The zero-order chi connectivity index (χ0) is 10.6. The SMILES string of the molecule is CNCC(O)C(O)c1cscc1C=O. The topological polar surface area (TPSA) is 69.6 Å². The van der Waals surface area contributed by atoms with Crippen LogP contribution in [0.25, 0.3) is 0 Å². The molecule has 1 aromatic heterocycles. The number of hydrogen-bond acceptors (Lipinski definition) is 5. The lowest BCUT2D eigenvalue weighted by Crippen LogP contribution is -2.29. The second-order valence-corrected chi connectivity index (χ2v) is 3.71. The van der Waals surface area contributed by atoms with E-state index in [1.807, 2.05) is 0 Å². The van der Waals surface area contributed by atoms with Crippen molar-refractivity contribution in [2.75, 3.05) is 13.6 Å². The zero-order valence-corrected chi connectivity index (χ0v) is 8.62. The number of carbonyl (C=O) groups excluding carboxylic acids is 1. The molecule has 0 saturated carbocycles. The molecule has 0 fully saturated rings. The summed E-state index contributed by atoms with van der Waals surface area (Å²) >= 11 is 1.33. The first kappa shape index (κ1) is 11.3. The van der Waals surface area contributed by atoms with Crippen LogP contribution in [0, 0.1) is 0 Å². The average molecular weight is 215 g/mol. The Labute approximate surface area is 86.2 Å². The lowest BCUT2D eigenvalue weighted by atomic mass is 10.0. The Balaban J connectivity index is 2.77. The monoisotopic (exact) mass is 215 g/mol. The third-order valence-electron chi connectivity index (χ3n) is 1.95. The molecule has 0 bridgehead atoms. The van der Waals surface area contributed by atoms with Crippen molar-refractivity contribution in [3.63, 3.8) is 0 Å². The van der Waals surface area contributed by atoms with Crippen LogP contribution >= 0.6 is 11.3 Å². The number of thiophene rings is 1. The Morgan fingerprint density at radius 3 is 2.86 bits per heavy atom. The van der Waals surface area contributed by atoms with Crippen LogP contribution in [0.2, 0.25) is 0 Å². The molecule has 1 aromatic rings. The van der Waals surface area contributed by atoms with Gasteiger partial charge in [0, 0.05) is 23.1 Å². The summed E-state index contributed by atoms with van der Waals surface area (Å²) < 4.78 is 0. The maximum atomic E-state index is 10.6. The smallest absolute Gasteiger partial charge is 0.151 e. The van der Waals surface area contributed by atoms with E-state index in [-0.39, 0.29) is 6.54 Å². The van der Waals surface area contributed by atoms with Gasteiger partial charge in [-0.15, -0.1) is 0 Å². The van der Waals surface area contributed by atoms with E-state index >= 15 is 0 Å². The quantitative estimate of drug-likeness (QED) is 0.613. The highest BCUT2D eigenvalue weighted by Crippen LogP contribution is 2.23. The summed E-state index contributed by atoms with van der Waals surface area (Å²) in [6.07, 6.45) is -1.22. The van der Waals surface area contributed by atoms with Gasteiger partial charge in [-0.25, -0.2) is 0 Å². The number of aliphatic hydroxyl groups excluding tert-OH is 2. The molecule has 0 aliphatic rings. The first-order valence-corrected chi connectivity index (χ1v) is 5.17. The van der Waals surface area contributed by atoms with Crippen molar-refractivity contribution in [3.8, 4) is 0 Å². The number of likely N-dealkylation sites (N-methyl/N-ethyl adjacent to an activating group) is 1. The van der Waals surface area contributed by atoms with Gasteiger partial charge in [-0.1, -0.05) is 0 Å². The second kappa shape index (κ2) is 5.21. The van der Waals surface area contributed by atoms with Crippen molar-refractivity contribution >= 4 is 17.6 Å². The lowest BCUT2D eigenvalue weighted by Gasteiger charge is -2.16. The van der Waals surface area contributed by atoms with Gasteiger partial charge in [0.2, 0.25) is 0 Å². The molecule has 0 radical (unpaired) electrons. The summed E-state index contributed by atoms with van der Waals surface area (Å²) in [5.41, 5.74) is 0.936. The molecule has 1 heterocycles. The number of aldehydes is 1. The predicted octanol–water partition coefficient (Wildman–Crippen LogP) is 0.174. The minimum atomic E-state index is -1.01. The van der Waals surface area contributed by atoms with Crippen LogP contribution in [0.4, 0.5) is 0 Å². The van der Waals surface area contributed by atoms with Gasteiger partial charge in [0.25, 0.3) is 0 Å². The molecule has 5 heteroatoms. The number of rotatable bonds is 5. The number of nitrogens with one attached hydrogen (secondary N) is 1. The minimum Gasteiger partial charge on any atom is -0.389 e. The molecule has 0 spiro atoms. The lowest BCUT2D eigenvalue weighted by molar-refractivity contribution is 0.0201. The molecule has 3 N–H and O–H groups in total. The van der Waals surface area contributed by atoms with E-state index < -0.39 is 12.2 Å². The van der Waals surface area contributed by atoms with Gasteiger partial charge in [0.05, 0.1) is 6.10 Å². The fourth-order valence-electron chi connectivity index (χ4n) is 1.18. The van der Waals surface area contributed by atoms with Crippen LogP contribution in [0.3, 0.4) is 0 Å². The fraction of sp³-hybridized carbons (Fsp3) is 0.444. The van der Waals surface area contributed by atoms with Crippen LogP contribution in [0.1, 0.15) is 22.0 Å². The highest BCUT2D eigenvalue weighted by molar-refractivity contribution is 7.08. The van der Waals surface area contributed by atoms with Gasteiger partial charge in [-0.3, -0.25) is 4.79 Å². The number of aliphatic hydroxyl groups is 2. The number of hydrogen-bond donors (Lipinski definition) is 3. The molecule has 14 heavy (non-hydrogen) atoms. The maximum Gasteiger partial charge on any atom is 0.151 e. The third kappa shape index (κ3) is 2.39. The van der Waals surface area contributed by atoms with Crippen molar-refractivity contribution in [3.05, 3.63) is 21.9 Å². The van der Waals surface area contributed by atoms with E-state index in [1.165, 1.54) is 11.3 Å². The average Bonchev–Trinajstić information content (AvgIpc) is 2.64. The summed E-state index contributed by atoms with van der Waals surface area (Å²) in [6, 6.07) is 0. The van der Waals surface area contributed by atoms with Crippen molar-refractivity contribution in [1.82, 2.24) is 5.32 Å². The largest absolute Gasteiger partial charge is 0.389 e. The zero-order valence-electron chi connectivity index (χ0n) is 7.80. The van der Waals surface area contributed by atoms with Crippen LogP contribution in [-0.2, 0) is 0 Å². The normalized spacial score (nSPS) is 15.1. The summed E-state index contributed by atoms with van der Waals surface area (Å²) in [6.45, 7) is 0.287. The number of carbonyl (C=O) groups is 1. The van der Waals surface area contributed by atoms with Gasteiger partial charge in [-0.2, -0.15) is 11.3 Å². The van der Waals surface area contributed by atoms with Crippen LogP contribution < -0.4 is 5.32 Å². The first-order valence-electron chi connectivity index (χ1n) is 4.22. The van der Waals surface area contributed by atoms with Crippen molar-refractivity contribution < 1.29 is 15.0 Å². The second-order valence-electron chi connectivity index (χ2n) is 2.97.